The Bertz CT molecular complexity index is 431. The molecule has 0 saturated heterocycles. The fraction of sp³-hybridized carbons (Fsp3) is 0.467. The quantitative estimate of drug-likeness (QED) is 0.606. The third kappa shape index (κ3) is 5.22. The van der Waals surface area contributed by atoms with Crippen molar-refractivity contribution in [3.05, 3.63) is 35.9 Å². The van der Waals surface area contributed by atoms with E-state index in [0.29, 0.717) is 0 Å². The van der Waals surface area contributed by atoms with Crippen LogP contribution in [0.3, 0.4) is 0 Å². The molecule has 4 nitrogen and oxygen atoms in total. The lowest BCUT2D eigenvalue weighted by molar-refractivity contribution is -0.157. The first-order chi connectivity index (χ1) is 8.83. The van der Waals surface area contributed by atoms with Gasteiger partial charge in [0.2, 0.25) is 0 Å². The van der Waals surface area contributed by atoms with Crippen LogP contribution in [-0.4, -0.2) is 24.5 Å². The molecule has 0 N–H and O–H groups in total. The number of Topliss-reactive ketones (excluding diaryl/α,β-unsaturated/α-hetero) is 1. The monoisotopic (exact) mass is 264 g/mol. The molecule has 0 fully saturated rings. The molecule has 0 aromatic heterocycles. The Morgan fingerprint density at radius 3 is 2.21 bits per heavy atom. The summed E-state index contributed by atoms with van der Waals surface area (Å²) in [6, 6.07) is 9.08. The minimum absolute atomic E-state index is 0.287. The van der Waals surface area contributed by atoms with Gasteiger partial charge in [0.25, 0.3) is 0 Å². The number of carbonyl (C=O) groups excluding carboxylic acids is 2. The maximum absolute atomic E-state index is 12.0. The van der Waals surface area contributed by atoms with E-state index in [1.54, 1.807) is 32.9 Å². The average Bonchev–Trinajstić information content (AvgIpc) is 2.28. The van der Waals surface area contributed by atoms with Crippen LogP contribution in [0.5, 0.6) is 0 Å². The molecule has 1 unspecified atom stereocenters. The van der Waals surface area contributed by atoms with E-state index in [4.69, 9.17) is 9.47 Å². The normalized spacial score (nSPS) is 12.8. The largest absolute Gasteiger partial charge is 0.460 e. The van der Waals surface area contributed by atoms with Gasteiger partial charge in [0, 0.05) is 7.11 Å². The van der Waals surface area contributed by atoms with E-state index in [-0.39, 0.29) is 12.2 Å². The summed E-state index contributed by atoms with van der Waals surface area (Å²) < 4.78 is 10.3. The highest BCUT2D eigenvalue weighted by Crippen LogP contribution is 2.19. The fourth-order valence-corrected chi connectivity index (χ4v) is 1.69. The zero-order valence-electron chi connectivity index (χ0n) is 11.8. The summed E-state index contributed by atoms with van der Waals surface area (Å²) in [5.41, 5.74) is 0.144. The molecule has 1 aromatic carbocycles. The van der Waals surface area contributed by atoms with Crippen LogP contribution < -0.4 is 0 Å². The van der Waals surface area contributed by atoms with Gasteiger partial charge in [-0.05, 0) is 26.3 Å². The molecule has 0 radical (unpaired) electrons. The van der Waals surface area contributed by atoms with E-state index >= 15 is 0 Å². The second-order valence-corrected chi connectivity index (χ2v) is 5.26. The van der Waals surface area contributed by atoms with Crippen molar-refractivity contribution in [3.63, 3.8) is 0 Å². The van der Waals surface area contributed by atoms with E-state index in [0.717, 1.165) is 5.56 Å². The van der Waals surface area contributed by atoms with Gasteiger partial charge in [-0.15, -0.1) is 0 Å². The van der Waals surface area contributed by atoms with Crippen molar-refractivity contribution in [3.8, 4) is 0 Å². The first-order valence-corrected chi connectivity index (χ1v) is 6.16. The van der Waals surface area contributed by atoms with Crippen LogP contribution in [-0.2, 0) is 19.1 Å². The number of benzene rings is 1. The van der Waals surface area contributed by atoms with Crippen LogP contribution in [0.15, 0.2) is 30.3 Å². The van der Waals surface area contributed by atoms with Crippen LogP contribution in [0.1, 0.15) is 38.9 Å². The Morgan fingerprint density at radius 2 is 1.74 bits per heavy atom. The van der Waals surface area contributed by atoms with Crippen molar-refractivity contribution in [1.82, 2.24) is 0 Å². The number of carbonyl (C=O) groups is 2. The van der Waals surface area contributed by atoms with E-state index in [9.17, 15) is 9.59 Å². The van der Waals surface area contributed by atoms with Crippen molar-refractivity contribution in [2.75, 3.05) is 7.11 Å². The summed E-state index contributed by atoms with van der Waals surface area (Å²) in [6.45, 7) is 5.29. The van der Waals surface area contributed by atoms with Crippen molar-refractivity contribution < 1.29 is 19.1 Å². The van der Waals surface area contributed by atoms with Gasteiger partial charge >= 0.3 is 5.97 Å². The maximum atomic E-state index is 12.0. The Labute approximate surface area is 113 Å². The predicted octanol–water partition coefficient (Wildman–Crippen LogP) is 2.68. The van der Waals surface area contributed by atoms with E-state index in [1.165, 1.54) is 7.11 Å². The van der Waals surface area contributed by atoms with Crippen molar-refractivity contribution in [1.29, 1.82) is 0 Å². The summed E-state index contributed by atoms with van der Waals surface area (Å²) in [6.07, 6.45) is -1.02. The third-order valence-electron chi connectivity index (χ3n) is 2.37. The Hall–Kier alpha value is -1.68. The molecule has 19 heavy (non-hydrogen) atoms. The molecule has 4 heteroatoms. The minimum Gasteiger partial charge on any atom is -0.460 e. The van der Waals surface area contributed by atoms with Gasteiger partial charge in [-0.1, -0.05) is 30.3 Å². The van der Waals surface area contributed by atoms with Crippen molar-refractivity contribution in [2.24, 2.45) is 0 Å². The van der Waals surface area contributed by atoms with Crippen molar-refractivity contribution >= 4 is 11.8 Å². The molecular weight excluding hydrogens is 244 g/mol. The first-order valence-electron chi connectivity index (χ1n) is 6.16. The molecular formula is C15H20O4. The highest BCUT2D eigenvalue weighted by atomic mass is 16.6. The lowest BCUT2D eigenvalue weighted by Crippen LogP contribution is -2.27. The molecule has 1 rings (SSSR count). The zero-order chi connectivity index (χ0) is 14.5. The second kappa shape index (κ2) is 6.48. The van der Waals surface area contributed by atoms with Gasteiger partial charge in [-0.2, -0.15) is 0 Å². The van der Waals surface area contributed by atoms with Crippen LogP contribution >= 0.6 is 0 Å². The highest BCUT2D eigenvalue weighted by molar-refractivity contribution is 5.98. The lowest BCUT2D eigenvalue weighted by Gasteiger charge is -2.20. The molecule has 0 bridgehead atoms. The van der Waals surface area contributed by atoms with Gasteiger partial charge in [-0.25, -0.2) is 0 Å². The summed E-state index contributed by atoms with van der Waals surface area (Å²) >= 11 is 0. The summed E-state index contributed by atoms with van der Waals surface area (Å²) in [4.78, 5) is 23.7. The summed E-state index contributed by atoms with van der Waals surface area (Å²) in [5, 5.41) is 0. The average molecular weight is 264 g/mol. The third-order valence-corrected chi connectivity index (χ3v) is 2.37. The molecule has 1 atom stereocenters. The fourth-order valence-electron chi connectivity index (χ4n) is 1.69. The van der Waals surface area contributed by atoms with E-state index in [1.807, 2.05) is 18.2 Å². The Morgan fingerprint density at radius 1 is 1.16 bits per heavy atom. The van der Waals surface area contributed by atoms with E-state index < -0.39 is 17.7 Å². The highest BCUT2D eigenvalue weighted by Gasteiger charge is 2.25. The summed E-state index contributed by atoms with van der Waals surface area (Å²) in [7, 11) is 1.45. The van der Waals surface area contributed by atoms with Gasteiger partial charge < -0.3 is 9.47 Å². The topological polar surface area (TPSA) is 52.6 Å². The molecule has 0 heterocycles. The van der Waals surface area contributed by atoms with E-state index in [2.05, 4.69) is 0 Å². The smallest absolute Gasteiger partial charge is 0.313 e. The number of ether oxygens (including phenoxy) is 2. The molecule has 0 aliphatic carbocycles. The number of ketones is 1. The Kier molecular flexibility index (Phi) is 5.24. The minimum atomic E-state index is -0.728. The van der Waals surface area contributed by atoms with Crippen LogP contribution in [0.4, 0.5) is 0 Å². The zero-order valence-corrected chi connectivity index (χ0v) is 11.8. The van der Waals surface area contributed by atoms with Gasteiger partial charge in [0.1, 0.15) is 18.1 Å². The molecule has 0 spiro atoms. The second-order valence-electron chi connectivity index (χ2n) is 5.26. The molecule has 0 saturated carbocycles. The standard InChI is InChI=1S/C15H20O4/c1-15(2,3)19-13(17)10-12(16)14(18-4)11-8-6-5-7-9-11/h5-9,14H,10H2,1-4H3. The maximum Gasteiger partial charge on any atom is 0.313 e. The number of hydrogen-bond donors (Lipinski definition) is 0. The first kappa shape index (κ1) is 15.4. The number of esters is 1. The molecule has 0 aliphatic heterocycles. The molecule has 104 valence electrons. The SMILES string of the molecule is COC(C(=O)CC(=O)OC(C)(C)C)c1ccccc1. The number of methoxy groups -OCH3 is 1. The van der Waals surface area contributed by atoms with Gasteiger partial charge in [0.05, 0.1) is 0 Å². The van der Waals surface area contributed by atoms with Gasteiger partial charge in [0.15, 0.2) is 5.78 Å². The van der Waals surface area contributed by atoms with Crippen LogP contribution in [0, 0.1) is 0 Å². The predicted molar refractivity (Wildman–Crippen MR) is 71.7 cm³/mol. The number of rotatable bonds is 5. The molecule has 0 aliphatic rings. The molecule has 1 aromatic rings. The van der Waals surface area contributed by atoms with Crippen molar-refractivity contribution in [2.45, 2.75) is 38.9 Å². The van der Waals surface area contributed by atoms with Crippen LogP contribution in [0.25, 0.3) is 0 Å². The van der Waals surface area contributed by atoms with Gasteiger partial charge in [-0.3, -0.25) is 9.59 Å². The van der Waals surface area contributed by atoms with Crippen LogP contribution in [0.2, 0.25) is 0 Å². The molecule has 0 amide bonds. The summed E-state index contributed by atoms with van der Waals surface area (Å²) in [5.74, 6) is -0.835. The Balaban J connectivity index is 2.68. The lowest BCUT2D eigenvalue weighted by atomic mass is 10.0. The number of hydrogen-bond acceptors (Lipinski definition) is 4.